The maximum atomic E-state index is 13.6. The molecule has 0 fully saturated rings. The summed E-state index contributed by atoms with van der Waals surface area (Å²) in [4.78, 5) is 42.5. The van der Waals surface area contributed by atoms with E-state index in [0.29, 0.717) is 12.0 Å². The van der Waals surface area contributed by atoms with Crippen LogP contribution in [0, 0.1) is 33.6 Å². The lowest BCUT2D eigenvalue weighted by atomic mass is 9.94. The SMILES string of the molecule is Cc1cc(=O)n(C(CC(C)C)C(=O)N[C@H](CC(=O)O)c2cncc(-c3c(C)cccc3C)c2)cc1C. The van der Waals surface area contributed by atoms with Crippen LogP contribution < -0.4 is 10.9 Å². The summed E-state index contributed by atoms with van der Waals surface area (Å²) in [5, 5.41) is 12.5. The Kier molecular flexibility index (Phi) is 8.45. The molecule has 0 radical (unpaired) electrons. The van der Waals surface area contributed by atoms with Crippen molar-refractivity contribution in [2.45, 2.75) is 66.5 Å². The van der Waals surface area contributed by atoms with Crippen molar-refractivity contribution in [2.75, 3.05) is 0 Å². The van der Waals surface area contributed by atoms with Gasteiger partial charge in [-0.3, -0.25) is 19.4 Å². The van der Waals surface area contributed by atoms with Crippen molar-refractivity contribution in [3.63, 3.8) is 0 Å². The second-order valence-corrected chi connectivity index (χ2v) is 9.96. The fourth-order valence-electron chi connectivity index (χ4n) is 4.53. The van der Waals surface area contributed by atoms with Gasteiger partial charge in [0.25, 0.3) is 5.56 Å². The normalized spacial score (nSPS) is 12.9. The number of aromatic nitrogens is 2. The zero-order chi connectivity index (χ0) is 26.6. The average molecular weight is 490 g/mol. The third-order valence-electron chi connectivity index (χ3n) is 6.51. The summed E-state index contributed by atoms with van der Waals surface area (Å²) in [7, 11) is 0. The molecule has 0 aliphatic heterocycles. The molecule has 0 aliphatic carbocycles. The van der Waals surface area contributed by atoms with E-state index in [1.165, 1.54) is 10.6 Å². The number of nitrogens with zero attached hydrogens (tertiary/aromatic N) is 2. The molecule has 2 N–H and O–H groups in total. The number of aliphatic carboxylic acids is 1. The average Bonchev–Trinajstić information content (AvgIpc) is 2.79. The Morgan fingerprint density at radius 2 is 1.67 bits per heavy atom. The zero-order valence-corrected chi connectivity index (χ0v) is 21.8. The van der Waals surface area contributed by atoms with Gasteiger partial charge in [0.2, 0.25) is 5.91 Å². The Hall–Kier alpha value is -3.74. The van der Waals surface area contributed by atoms with E-state index in [-0.39, 0.29) is 17.9 Å². The highest BCUT2D eigenvalue weighted by molar-refractivity contribution is 5.82. The van der Waals surface area contributed by atoms with Crippen molar-refractivity contribution < 1.29 is 14.7 Å². The lowest BCUT2D eigenvalue weighted by molar-refractivity contribution is -0.138. The highest BCUT2D eigenvalue weighted by Crippen LogP contribution is 2.29. The number of rotatable bonds is 9. The van der Waals surface area contributed by atoms with Gasteiger partial charge in [-0.2, -0.15) is 0 Å². The van der Waals surface area contributed by atoms with E-state index in [2.05, 4.69) is 10.3 Å². The Labute approximate surface area is 212 Å². The van der Waals surface area contributed by atoms with Gasteiger partial charge in [0, 0.05) is 30.2 Å². The Morgan fingerprint density at radius 1 is 1.00 bits per heavy atom. The molecule has 7 nitrogen and oxygen atoms in total. The third kappa shape index (κ3) is 6.27. The second kappa shape index (κ2) is 11.3. The van der Waals surface area contributed by atoms with Crippen LogP contribution in [0.1, 0.15) is 66.6 Å². The quantitative estimate of drug-likeness (QED) is 0.437. The molecule has 3 rings (SSSR count). The molecule has 3 aromatic rings. The number of carbonyl (C=O) groups is 2. The fourth-order valence-corrected chi connectivity index (χ4v) is 4.53. The molecular weight excluding hydrogens is 454 g/mol. The summed E-state index contributed by atoms with van der Waals surface area (Å²) in [6, 6.07) is 7.87. The number of carbonyl (C=O) groups excluding carboxylic acids is 1. The summed E-state index contributed by atoms with van der Waals surface area (Å²) in [5.41, 5.74) is 6.16. The Balaban J connectivity index is 2.00. The van der Waals surface area contributed by atoms with E-state index in [0.717, 1.165) is 33.4 Å². The van der Waals surface area contributed by atoms with Gasteiger partial charge in [-0.25, -0.2) is 0 Å². The van der Waals surface area contributed by atoms with Crippen LogP contribution in [0.5, 0.6) is 0 Å². The first kappa shape index (κ1) is 26.9. The molecule has 0 spiro atoms. The lowest BCUT2D eigenvalue weighted by Gasteiger charge is -2.25. The molecule has 2 heterocycles. The zero-order valence-electron chi connectivity index (χ0n) is 21.8. The van der Waals surface area contributed by atoms with Crippen LogP contribution in [-0.4, -0.2) is 26.5 Å². The van der Waals surface area contributed by atoms with Gasteiger partial charge in [0.15, 0.2) is 0 Å². The number of hydrogen-bond donors (Lipinski definition) is 2. The maximum absolute atomic E-state index is 13.6. The van der Waals surface area contributed by atoms with Crippen molar-refractivity contribution in [1.29, 1.82) is 0 Å². The molecule has 0 saturated heterocycles. The first-order chi connectivity index (χ1) is 17.0. The largest absolute Gasteiger partial charge is 0.481 e. The number of nitrogens with one attached hydrogen (secondary N) is 1. The summed E-state index contributed by atoms with van der Waals surface area (Å²) in [6.07, 6.45) is 5.17. The van der Waals surface area contributed by atoms with E-state index in [1.54, 1.807) is 18.6 Å². The predicted molar refractivity (Wildman–Crippen MR) is 141 cm³/mol. The van der Waals surface area contributed by atoms with Gasteiger partial charge in [0.1, 0.15) is 6.04 Å². The number of carboxylic acid groups (broad SMARTS) is 1. The van der Waals surface area contributed by atoms with E-state index in [9.17, 15) is 19.5 Å². The third-order valence-corrected chi connectivity index (χ3v) is 6.51. The first-order valence-electron chi connectivity index (χ1n) is 12.2. The summed E-state index contributed by atoms with van der Waals surface area (Å²) in [5.74, 6) is -1.29. The summed E-state index contributed by atoms with van der Waals surface area (Å²) >= 11 is 0. The van der Waals surface area contributed by atoms with Gasteiger partial charge in [-0.1, -0.05) is 32.0 Å². The van der Waals surface area contributed by atoms with Crippen LogP contribution in [0.4, 0.5) is 0 Å². The van der Waals surface area contributed by atoms with Crippen LogP contribution >= 0.6 is 0 Å². The smallest absolute Gasteiger partial charge is 0.305 e. The predicted octanol–water partition coefficient (Wildman–Crippen LogP) is 5.06. The van der Waals surface area contributed by atoms with E-state index in [4.69, 9.17) is 0 Å². The highest BCUT2D eigenvalue weighted by Gasteiger charge is 2.27. The lowest BCUT2D eigenvalue weighted by Crippen LogP contribution is -2.40. The number of carboxylic acids is 1. The summed E-state index contributed by atoms with van der Waals surface area (Å²) < 4.78 is 1.46. The van der Waals surface area contributed by atoms with Crippen LogP contribution in [0.2, 0.25) is 0 Å². The van der Waals surface area contributed by atoms with E-state index >= 15 is 0 Å². The minimum Gasteiger partial charge on any atom is -0.481 e. The molecule has 1 aromatic carbocycles. The second-order valence-electron chi connectivity index (χ2n) is 9.96. The molecule has 1 amide bonds. The molecule has 7 heteroatoms. The number of hydrogen-bond acceptors (Lipinski definition) is 4. The molecule has 2 atom stereocenters. The van der Waals surface area contributed by atoms with E-state index < -0.39 is 24.0 Å². The van der Waals surface area contributed by atoms with Crippen molar-refractivity contribution in [3.8, 4) is 11.1 Å². The van der Waals surface area contributed by atoms with Crippen molar-refractivity contribution in [1.82, 2.24) is 14.9 Å². The first-order valence-corrected chi connectivity index (χ1v) is 12.2. The van der Waals surface area contributed by atoms with Gasteiger partial charge in [-0.15, -0.1) is 0 Å². The highest BCUT2D eigenvalue weighted by atomic mass is 16.4. The minimum atomic E-state index is -1.04. The molecule has 2 aromatic heterocycles. The molecule has 0 saturated carbocycles. The van der Waals surface area contributed by atoms with Crippen LogP contribution in [0.3, 0.4) is 0 Å². The monoisotopic (exact) mass is 489 g/mol. The Bertz CT molecular complexity index is 1310. The van der Waals surface area contributed by atoms with Crippen LogP contribution in [-0.2, 0) is 9.59 Å². The number of pyridine rings is 2. The van der Waals surface area contributed by atoms with Crippen molar-refractivity contribution in [2.24, 2.45) is 5.92 Å². The molecule has 190 valence electrons. The summed E-state index contributed by atoms with van der Waals surface area (Å²) in [6.45, 7) is 11.8. The van der Waals surface area contributed by atoms with E-state index in [1.807, 2.05) is 65.8 Å². The van der Waals surface area contributed by atoms with Gasteiger partial charge < -0.3 is 15.0 Å². The molecule has 1 unspecified atom stereocenters. The fraction of sp³-hybridized carbons (Fsp3) is 0.379. The van der Waals surface area contributed by atoms with Crippen molar-refractivity contribution in [3.05, 3.63) is 87.1 Å². The minimum absolute atomic E-state index is 0.140. The van der Waals surface area contributed by atoms with Gasteiger partial charge >= 0.3 is 5.97 Å². The van der Waals surface area contributed by atoms with Crippen LogP contribution in [0.25, 0.3) is 11.1 Å². The number of benzene rings is 1. The number of aryl methyl sites for hydroxylation is 4. The van der Waals surface area contributed by atoms with Crippen LogP contribution in [0.15, 0.2) is 53.7 Å². The molecular formula is C29H35N3O4. The van der Waals surface area contributed by atoms with Crippen molar-refractivity contribution >= 4 is 11.9 Å². The topological polar surface area (TPSA) is 101 Å². The van der Waals surface area contributed by atoms with Gasteiger partial charge in [-0.05, 0) is 79.5 Å². The molecule has 0 bridgehead atoms. The van der Waals surface area contributed by atoms with Gasteiger partial charge in [0.05, 0.1) is 12.5 Å². The Morgan fingerprint density at radius 3 is 2.28 bits per heavy atom. The maximum Gasteiger partial charge on any atom is 0.305 e. The molecule has 36 heavy (non-hydrogen) atoms. The number of amides is 1. The molecule has 0 aliphatic rings. The standard InChI is InChI=1S/C29H35N3O4/c1-17(2)10-25(32-16-21(6)20(5)11-26(32)33)29(36)31-24(13-27(34)35)22-12-23(15-30-14-22)28-18(3)8-7-9-19(28)4/h7-9,11-12,14-17,24-25H,10,13H2,1-6H3,(H,31,36)(H,34,35)/t24-,25?/m1/s1.